The second-order valence-electron chi connectivity index (χ2n) is 7.36. The van der Waals surface area contributed by atoms with Crippen LogP contribution in [0, 0.1) is 0 Å². The number of ether oxygens (including phenoxy) is 2. The van der Waals surface area contributed by atoms with Gasteiger partial charge in [-0.05, 0) is 53.8 Å². The lowest BCUT2D eigenvalue weighted by Gasteiger charge is -2.13. The lowest BCUT2D eigenvalue weighted by atomic mass is 10.00. The highest BCUT2D eigenvalue weighted by atomic mass is 16.5. The molecule has 1 aromatic heterocycles. The van der Waals surface area contributed by atoms with E-state index < -0.39 is 0 Å². The Morgan fingerprint density at radius 2 is 1.84 bits per heavy atom. The van der Waals surface area contributed by atoms with Crippen LogP contribution in [0.1, 0.15) is 40.0 Å². The van der Waals surface area contributed by atoms with Gasteiger partial charge in [-0.2, -0.15) is 0 Å². The number of carbonyl (C=O) groups is 2. The lowest BCUT2D eigenvalue weighted by Crippen LogP contribution is -2.27. The fourth-order valence-electron chi connectivity index (χ4n) is 3.91. The van der Waals surface area contributed by atoms with Gasteiger partial charge in [0.05, 0.1) is 37.4 Å². The summed E-state index contributed by atoms with van der Waals surface area (Å²) in [5.74, 6) is 0.267. The number of carbonyl (C=O) groups excluding carboxylic acids is 2. The van der Waals surface area contributed by atoms with E-state index in [1.165, 1.54) is 7.11 Å². The van der Waals surface area contributed by atoms with Crippen molar-refractivity contribution in [3.05, 3.63) is 70.9 Å². The Hall–Kier alpha value is -3.67. The van der Waals surface area contributed by atoms with Crippen LogP contribution in [0.2, 0.25) is 0 Å². The number of amides is 1. The smallest absolute Gasteiger partial charge is 0.307 e. The molecule has 0 radical (unpaired) electrons. The molecule has 6 nitrogen and oxygen atoms in total. The predicted octanol–water partition coefficient (Wildman–Crippen LogP) is 4.02. The molecule has 1 amide bonds. The van der Waals surface area contributed by atoms with E-state index in [-0.39, 0.29) is 24.8 Å². The van der Waals surface area contributed by atoms with Gasteiger partial charge in [0.1, 0.15) is 5.75 Å². The fourth-order valence-corrected chi connectivity index (χ4v) is 3.91. The molecule has 0 atom stereocenters. The summed E-state index contributed by atoms with van der Waals surface area (Å²) in [4.78, 5) is 29.4. The van der Waals surface area contributed by atoms with Crippen LogP contribution >= 0.6 is 0 Å². The largest absolute Gasteiger partial charge is 0.497 e. The monoisotopic (exact) mass is 416 g/mol. The lowest BCUT2D eigenvalue weighted by molar-refractivity contribution is -0.140. The molecule has 0 aliphatic heterocycles. The van der Waals surface area contributed by atoms with E-state index in [1.807, 2.05) is 48.5 Å². The fraction of sp³-hybridized carbons (Fsp3) is 0.240. The average molecular weight is 416 g/mol. The van der Waals surface area contributed by atoms with E-state index in [1.54, 1.807) is 7.11 Å². The summed E-state index contributed by atoms with van der Waals surface area (Å²) in [6.07, 6.45) is 3.81. The summed E-state index contributed by atoms with van der Waals surface area (Å²) >= 11 is 0. The Bertz CT molecular complexity index is 1170. The van der Waals surface area contributed by atoms with Crippen LogP contribution in [0.25, 0.3) is 22.6 Å². The van der Waals surface area contributed by atoms with Gasteiger partial charge in [-0.25, -0.2) is 4.98 Å². The highest BCUT2D eigenvalue weighted by molar-refractivity contribution is 6.09. The highest BCUT2D eigenvalue weighted by Crippen LogP contribution is 2.37. The minimum atomic E-state index is -0.352. The molecule has 0 bridgehead atoms. The van der Waals surface area contributed by atoms with Gasteiger partial charge in [-0.15, -0.1) is 0 Å². The van der Waals surface area contributed by atoms with Crippen LogP contribution in [-0.2, 0) is 16.0 Å². The van der Waals surface area contributed by atoms with Crippen molar-refractivity contribution in [3.8, 4) is 5.75 Å². The van der Waals surface area contributed by atoms with Crippen LogP contribution in [0.4, 0.5) is 0 Å². The molecule has 0 unspecified atom stereocenters. The molecule has 158 valence electrons. The van der Waals surface area contributed by atoms with Crippen molar-refractivity contribution >= 4 is 34.4 Å². The van der Waals surface area contributed by atoms with Gasteiger partial charge in [0.15, 0.2) is 0 Å². The first-order valence-electron chi connectivity index (χ1n) is 10.2. The van der Waals surface area contributed by atoms with Crippen LogP contribution in [-0.4, -0.2) is 37.6 Å². The number of nitrogens with one attached hydrogen (secondary N) is 1. The van der Waals surface area contributed by atoms with Gasteiger partial charge in [0.2, 0.25) is 0 Å². The van der Waals surface area contributed by atoms with Crippen LogP contribution in [0.15, 0.2) is 48.5 Å². The summed E-state index contributed by atoms with van der Waals surface area (Å²) in [5, 5.41) is 3.68. The topological polar surface area (TPSA) is 77.5 Å². The van der Waals surface area contributed by atoms with Gasteiger partial charge < -0.3 is 14.8 Å². The number of methoxy groups -OCH3 is 2. The molecule has 3 aromatic rings. The average Bonchev–Trinajstić information content (AvgIpc) is 3.19. The summed E-state index contributed by atoms with van der Waals surface area (Å²) in [6.45, 7) is 0.228. The number of aromatic nitrogens is 1. The SMILES string of the molecule is COC(=O)CCNC(=O)c1c2c(nc3ccccc13)/C(=C/c1ccc(OC)cc1)CC2. The summed E-state index contributed by atoms with van der Waals surface area (Å²) in [5.41, 5.74) is 5.41. The number of hydrogen-bond acceptors (Lipinski definition) is 5. The quantitative estimate of drug-likeness (QED) is 0.614. The van der Waals surface area contributed by atoms with Crippen molar-refractivity contribution in [1.82, 2.24) is 10.3 Å². The van der Waals surface area contributed by atoms with Gasteiger partial charge in [-0.1, -0.05) is 30.3 Å². The van der Waals surface area contributed by atoms with Gasteiger partial charge in [0, 0.05) is 11.9 Å². The zero-order valence-corrected chi connectivity index (χ0v) is 17.6. The van der Waals surface area contributed by atoms with Gasteiger partial charge in [-0.3, -0.25) is 9.59 Å². The van der Waals surface area contributed by atoms with E-state index in [4.69, 9.17) is 9.72 Å². The molecule has 0 saturated heterocycles. The molecule has 4 rings (SSSR count). The third-order valence-corrected chi connectivity index (χ3v) is 5.47. The molecule has 6 heteroatoms. The van der Waals surface area contributed by atoms with Crippen LogP contribution in [0.3, 0.4) is 0 Å². The molecule has 0 spiro atoms. The number of esters is 1. The summed E-state index contributed by atoms with van der Waals surface area (Å²) < 4.78 is 9.88. The molecular formula is C25H24N2O4. The number of allylic oxidation sites excluding steroid dienone is 1. The van der Waals surface area contributed by atoms with E-state index in [0.717, 1.165) is 51.9 Å². The Morgan fingerprint density at radius 3 is 2.58 bits per heavy atom. The molecular weight excluding hydrogens is 392 g/mol. The number of rotatable bonds is 6. The number of para-hydroxylation sites is 1. The Labute approximate surface area is 180 Å². The van der Waals surface area contributed by atoms with Crippen molar-refractivity contribution in [2.75, 3.05) is 20.8 Å². The van der Waals surface area contributed by atoms with Gasteiger partial charge in [0.25, 0.3) is 5.91 Å². The zero-order chi connectivity index (χ0) is 21.8. The standard InChI is InChI=1S/C25H24N2O4/c1-30-18-10-7-16(8-11-18)15-17-9-12-20-23(25(29)26-14-13-22(28)31-2)19-5-3-4-6-21(19)27-24(17)20/h3-8,10-11,15H,9,12-14H2,1-2H3,(H,26,29)/b17-15+. The molecule has 1 N–H and O–H groups in total. The normalized spacial score (nSPS) is 13.8. The molecule has 1 aliphatic carbocycles. The van der Waals surface area contributed by atoms with Crippen molar-refractivity contribution in [2.24, 2.45) is 0 Å². The minimum absolute atomic E-state index is 0.135. The van der Waals surface area contributed by atoms with E-state index >= 15 is 0 Å². The minimum Gasteiger partial charge on any atom is -0.497 e. The first kappa shape index (κ1) is 20.6. The zero-order valence-electron chi connectivity index (χ0n) is 17.6. The van der Waals surface area contributed by atoms with Gasteiger partial charge >= 0.3 is 5.97 Å². The maximum absolute atomic E-state index is 13.1. The van der Waals surface area contributed by atoms with E-state index in [0.29, 0.717) is 5.56 Å². The van der Waals surface area contributed by atoms with Crippen molar-refractivity contribution in [1.29, 1.82) is 0 Å². The number of hydrogen-bond donors (Lipinski definition) is 1. The molecule has 1 aliphatic rings. The molecule has 0 fully saturated rings. The molecule has 2 aromatic carbocycles. The summed E-state index contributed by atoms with van der Waals surface area (Å²) in [6, 6.07) is 15.5. The van der Waals surface area contributed by atoms with Crippen molar-refractivity contribution in [3.63, 3.8) is 0 Å². The number of fused-ring (bicyclic) bond motifs is 2. The predicted molar refractivity (Wildman–Crippen MR) is 120 cm³/mol. The second-order valence-corrected chi connectivity index (χ2v) is 7.36. The molecule has 1 heterocycles. The number of nitrogens with zero attached hydrogens (tertiary/aromatic N) is 1. The Kier molecular flexibility index (Phi) is 5.98. The Morgan fingerprint density at radius 1 is 1.06 bits per heavy atom. The first-order chi connectivity index (χ1) is 15.1. The van der Waals surface area contributed by atoms with Crippen LogP contribution in [0.5, 0.6) is 5.75 Å². The summed E-state index contributed by atoms with van der Waals surface area (Å²) in [7, 11) is 2.98. The maximum Gasteiger partial charge on any atom is 0.307 e. The Balaban J connectivity index is 1.71. The molecule has 31 heavy (non-hydrogen) atoms. The first-order valence-corrected chi connectivity index (χ1v) is 10.2. The van der Waals surface area contributed by atoms with E-state index in [9.17, 15) is 9.59 Å². The number of benzene rings is 2. The molecule has 0 saturated carbocycles. The van der Waals surface area contributed by atoms with Crippen LogP contribution < -0.4 is 10.1 Å². The highest BCUT2D eigenvalue weighted by Gasteiger charge is 2.26. The second kappa shape index (κ2) is 9.00. The van der Waals surface area contributed by atoms with E-state index in [2.05, 4.69) is 16.1 Å². The van der Waals surface area contributed by atoms with Crippen molar-refractivity contribution in [2.45, 2.75) is 19.3 Å². The third-order valence-electron chi connectivity index (χ3n) is 5.47. The third kappa shape index (κ3) is 4.28. The maximum atomic E-state index is 13.1. The van der Waals surface area contributed by atoms with Crippen molar-refractivity contribution < 1.29 is 19.1 Å². The number of pyridine rings is 1.